The van der Waals surface area contributed by atoms with Crippen molar-refractivity contribution in [1.82, 2.24) is 9.97 Å². The van der Waals surface area contributed by atoms with Crippen molar-refractivity contribution in [2.24, 2.45) is 0 Å². The quantitative estimate of drug-likeness (QED) is 0.641. The van der Waals surface area contributed by atoms with Gasteiger partial charge in [-0.1, -0.05) is 6.42 Å². The molecule has 0 radical (unpaired) electrons. The van der Waals surface area contributed by atoms with Crippen LogP contribution in [0.4, 0.5) is 5.82 Å². The molecular weight excluding hydrogens is 294 g/mol. The van der Waals surface area contributed by atoms with Crippen LogP contribution in [0.1, 0.15) is 48.4 Å². The van der Waals surface area contributed by atoms with Gasteiger partial charge in [-0.2, -0.15) is 0 Å². The summed E-state index contributed by atoms with van der Waals surface area (Å²) in [5.74, 6) is 1.73. The van der Waals surface area contributed by atoms with Crippen molar-refractivity contribution < 1.29 is 4.79 Å². The zero-order valence-electron chi connectivity index (χ0n) is 13.0. The normalized spacial score (nSPS) is 18.0. The van der Waals surface area contributed by atoms with Crippen molar-refractivity contribution in [3.05, 3.63) is 16.3 Å². The van der Waals surface area contributed by atoms with E-state index in [4.69, 9.17) is 4.98 Å². The Labute approximate surface area is 134 Å². The van der Waals surface area contributed by atoms with Crippen LogP contribution in [0.3, 0.4) is 0 Å². The van der Waals surface area contributed by atoms with Crippen molar-refractivity contribution in [2.45, 2.75) is 57.4 Å². The number of carbonyl (C=O) groups is 1. The number of carbonyl (C=O) groups excluding carboxylic acids is 1. The van der Waals surface area contributed by atoms with Crippen molar-refractivity contribution in [3.63, 3.8) is 0 Å². The van der Waals surface area contributed by atoms with Crippen LogP contribution in [-0.4, -0.2) is 29.3 Å². The molecule has 2 aromatic heterocycles. The predicted octanol–water partition coefficient (Wildman–Crippen LogP) is 3.30. The van der Waals surface area contributed by atoms with E-state index in [9.17, 15) is 4.79 Å². The Morgan fingerprint density at radius 2 is 2.05 bits per heavy atom. The Morgan fingerprint density at radius 1 is 1.23 bits per heavy atom. The fourth-order valence-corrected chi connectivity index (χ4v) is 4.69. The molecular formula is C17H21N3OS. The molecule has 0 bridgehead atoms. The van der Waals surface area contributed by atoms with Gasteiger partial charge in [0.05, 0.1) is 11.8 Å². The first-order valence-electron chi connectivity index (χ1n) is 8.25. The highest BCUT2D eigenvalue weighted by Gasteiger charge is 2.30. The maximum atomic E-state index is 10.9. The molecule has 1 fully saturated rings. The molecule has 4 nitrogen and oxygen atoms in total. The molecule has 0 N–H and O–H groups in total. The van der Waals surface area contributed by atoms with E-state index in [2.05, 4.69) is 16.9 Å². The second-order valence-electron chi connectivity index (χ2n) is 6.42. The highest BCUT2D eigenvalue weighted by Crippen LogP contribution is 2.41. The van der Waals surface area contributed by atoms with Gasteiger partial charge in [0.15, 0.2) is 0 Å². The van der Waals surface area contributed by atoms with Crippen LogP contribution < -0.4 is 4.90 Å². The molecule has 1 saturated carbocycles. The Bertz CT molecular complexity index is 720. The maximum Gasteiger partial charge on any atom is 0.141 e. The van der Waals surface area contributed by atoms with Crippen LogP contribution in [0, 0.1) is 0 Å². The lowest BCUT2D eigenvalue weighted by atomic mass is 10.1. The summed E-state index contributed by atoms with van der Waals surface area (Å²) >= 11 is 1.82. The number of rotatable bonds is 4. The fourth-order valence-electron chi connectivity index (χ4n) is 3.41. The molecule has 0 saturated heterocycles. The van der Waals surface area contributed by atoms with Crippen LogP contribution in [0.25, 0.3) is 10.2 Å². The van der Waals surface area contributed by atoms with Gasteiger partial charge >= 0.3 is 0 Å². The average molecular weight is 315 g/mol. The Kier molecular flexibility index (Phi) is 3.60. The van der Waals surface area contributed by atoms with Crippen molar-refractivity contribution >= 4 is 33.7 Å². The van der Waals surface area contributed by atoms with Crippen molar-refractivity contribution in [1.29, 1.82) is 0 Å². The zero-order chi connectivity index (χ0) is 15.1. The number of fused-ring (bicyclic) bond motifs is 3. The summed E-state index contributed by atoms with van der Waals surface area (Å²) in [6, 6.07) is 0.614. The van der Waals surface area contributed by atoms with E-state index in [0.29, 0.717) is 18.3 Å². The number of hydrogen-bond acceptors (Lipinski definition) is 5. The van der Waals surface area contributed by atoms with Gasteiger partial charge in [-0.25, -0.2) is 9.97 Å². The zero-order valence-corrected chi connectivity index (χ0v) is 13.8. The molecule has 0 spiro atoms. The smallest absolute Gasteiger partial charge is 0.141 e. The second kappa shape index (κ2) is 5.61. The number of anilines is 1. The van der Waals surface area contributed by atoms with E-state index in [0.717, 1.165) is 23.4 Å². The molecule has 0 atom stereocenters. The topological polar surface area (TPSA) is 46.1 Å². The highest BCUT2D eigenvalue weighted by atomic mass is 32.1. The molecule has 2 aliphatic carbocycles. The summed E-state index contributed by atoms with van der Waals surface area (Å²) in [6.07, 6.45) is 9.90. The lowest BCUT2D eigenvalue weighted by Gasteiger charge is -2.19. The largest absolute Gasteiger partial charge is 0.356 e. The summed E-state index contributed by atoms with van der Waals surface area (Å²) in [6.45, 7) is 0. The summed E-state index contributed by atoms with van der Waals surface area (Å²) in [4.78, 5) is 25.2. The van der Waals surface area contributed by atoms with Gasteiger partial charge in [-0.3, -0.25) is 0 Å². The third-order valence-corrected chi connectivity index (χ3v) is 5.97. The minimum atomic E-state index is 0.310. The number of hydrogen-bond donors (Lipinski definition) is 0. The fraction of sp³-hybridized carbons (Fsp3) is 0.588. The van der Waals surface area contributed by atoms with E-state index in [-0.39, 0.29) is 0 Å². The molecule has 4 rings (SSSR count). The Balaban J connectivity index is 1.91. The van der Waals surface area contributed by atoms with E-state index in [1.165, 1.54) is 54.4 Å². The number of thiophene rings is 1. The second-order valence-corrected chi connectivity index (χ2v) is 7.50. The van der Waals surface area contributed by atoms with Crippen LogP contribution in [0.5, 0.6) is 0 Å². The molecule has 2 aliphatic rings. The van der Waals surface area contributed by atoms with E-state index in [1.54, 1.807) is 0 Å². The molecule has 2 heterocycles. The van der Waals surface area contributed by atoms with Gasteiger partial charge < -0.3 is 9.69 Å². The van der Waals surface area contributed by atoms with Gasteiger partial charge in [-0.15, -0.1) is 11.3 Å². The van der Waals surface area contributed by atoms with E-state index in [1.807, 2.05) is 11.3 Å². The first-order valence-corrected chi connectivity index (χ1v) is 9.07. The highest BCUT2D eigenvalue weighted by molar-refractivity contribution is 7.19. The lowest BCUT2D eigenvalue weighted by Crippen LogP contribution is -2.22. The summed E-state index contributed by atoms with van der Waals surface area (Å²) in [5, 5.41) is 1.27. The number of aryl methyl sites for hydroxylation is 2. The van der Waals surface area contributed by atoms with Crippen LogP contribution in [0.2, 0.25) is 0 Å². The number of nitrogens with zero attached hydrogens (tertiary/aromatic N) is 3. The monoisotopic (exact) mass is 315 g/mol. The van der Waals surface area contributed by atoms with E-state index >= 15 is 0 Å². The van der Waals surface area contributed by atoms with Crippen LogP contribution >= 0.6 is 11.3 Å². The first-order chi connectivity index (χ1) is 10.8. The van der Waals surface area contributed by atoms with Gasteiger partial charge in [0.25, 0.3) is 0 Å². The van der Waals surface area contributed by atoms with Crippen LogP contribution in [0.15, 0.2) is 0 Å². The van der Waals surface area contributed by atoms with Crippen molar-refractivity contribution in [2.75, 3.05) is 11.9 Å². The van der Waals surface area contributed by atoms with E-state index < -0.39 is 0 Å². The SMILES string of the molecule is CN(c1nc(CC=O)nc2sc3c(c12)CCCCC3)C1CC1. The van der Waals surface area contributed by atoms with Crippen LogP contribution in [-0.2, 0) is 24.1 Å². The lowest BCUT2D eigenvalue weighted by molar-refractivity contribution is -0.107. The minimum absolute atomic E-state index is 0.310. The third kappa shape index (κ3) is 2.41. The minimum Gasteiger partial charge on any atom is -0.356 e. The number of aldehydes is 1. The Morgan fingerprint density at radius 3 is 2.82 bits per heavy atom. The van der Waals surface area contributed by atoms with Crippen molar-refractivity contribution in [3.8, 4) is 0 Å². The summed E-state index contributed by atoms with van der Waals surface area (Å²) in [7, 11) is 2.14. The standard InChI is InChI=1S/C17H21N3OS/c1-20(11-7-8-11)16-15-12-5-3-2-4-6-13(12)22-17(15)19-14(18-16)9-10-21/h10-11H,2-9H2,1H3. The molecule has 22 heavy (non-hydrogen) atoms. The summed E-state index contributed by atoms with van der Waals surface area (Å²) in [5.41, 5.74) is 1.48. The Hall–Kier alpha value is -1.49. The third-order valence-electron chi connectivity index (χ3n) is 4.79. The number of aromatic nitrogens is 2. The average Bonchev–Trinajstić information content (AvgIpc) is 3.32. The molecule has 2 aromatic rings. The molecule has 0 aromatic carbocycles. The molecule has 116 valence electrons. The molecule has 5 heteroatoms. The molecule has 0 amide bonds. The maximum absolute atomic E-state index is 10.9. The van der Waals surface area contributed by atoms with Gasteiger partial charge in [0.1, 0.15) is 22.8 Å². The molecule has 0 unspecified atom stereocenters. The van der Waals surface area contributed by atoms with Gasteiger partial charge in [0.2, 0.25) is 0 Å². The summed E-state index contributed by atoms with van der Waals surface area (Å²) < 4.78 is 0. The van der Waals surface area contributed by atoms with Gasteiger partial charge in [-0.05, 0) is 44.1 Å². The van der Waals surface area contributed by atoms with Gasteiger partial charge in [0, 0.05) is 18.0 Å². The first kappa shape index (κ1) is 14.1. The molecule has 0 aliphatic heterocycles. The predicted molar refractivity (Wildman–Crippen MR) is 89.9 cm³/mol.